The number of ether oxygens (including phenoxy) is 1. The van der Waals surface area contributed by atoms with Gasteiger partial charge in [0.2, 0.25) is 5.91 Å². The van der Waals surface area contributed by atoms with Crippen LogP contribution in [0, 0.1) is 5.82 Å². The molecule has 1 aliphatic rings. The van der Waals surface area contributed by atoms with E-state index in [0.717, 1.165) is 0 Å². The molecule has 0 saturated heterocycles. The van der Waals surface area contributed by atoms with Crippen LogP contribution in [0.25, 0.3) is 10.9 Å². The van der Waals surface area contributed by atoms with Gasteiger partial charge in [-0.1, -0.05) is 6.07 Å². The number of halogens is 1. The summed E-state index contributed by atoms with van der Waals surface area (Å²) < 4.78 is 47.9. The van der Waals surface area contributed by atoms with Gasteiger partial charge in [0.15, 0.2) is 9.84 Å². The number of amides is 1. The minimum Gasteiger partial charge on any atom is -0.456 e. The van der Waals surface area contributed by atoms with Crippen molar-refractivity contribution in [3.05, 3.63) is 72.4 Å². The molecule has 0 spiro atoms. The van der Waals surface area contributed by atoms with Gasteiger partial charge < -0.3 is 10.1 Å². The molecule has 0 bridgehead atoms. The Morgan fingerprint density at radius 2 is 1.95 bits per heavy atom. The largest absolute Gasteiger partial charge is 0.456 e. The van der Waals surface area contributed by atoms with E-state index in [2.05, 4.69) is 15.4 Å². The second-order valence-corrected chi connectivity index (χ2v) is 12.4. The van der Waals surface area contributed by atoms with Crippen molar-refractivity contribution in [2.75, 3.05) is 5.32 Å². The molecule has 1 aliphatic carbocycles. The van der Waals surface area contributed by atoms with Crippen LogP contribution in [0.5, 0.6) is 11.5 Å². The maximum Gasteiger partial charge on any atom is 0.228 e. The summed E-state index contributed by atoms with van der Waals surface area (Å²) in [6.07, 6.45) is 6.00. The number of fused-ring (bicyclic) bond motifs is 1. The third kappa shape index (κ3) is 5.34. The highest BCUT2D eigenvalue weighted by Gasteiger charge is 2.37. The van der Waals surface area contributed by atoms with Gasteiger partial charge in [-0.2, -0.15) is 5.10 Å². The van der Waals surface area contributed by atoms with E-state index in [9.17, 15) is 17.6 Å². The van der Waals surface area contributed by atoms with Crippen molar-refractivity contribution in [1.29, 1.82) is 0 Å². The van der Waals surface area contributed by atoms with Crippen LogP contribution >= 0.6 is 0 Å². The molecule has 37 heavy (non-hydrogen) atoms. The molecule has 0 radical (unpaired) electrons. The molecule has 8 nitrogen and oxygen atoms in total. The van der Waals surface area contributed by atoms with E-state index in [1.807, 2.05) is 20.8 Å². The van der Waals surface area contributed by atoms with Crippen molar-refractivity contribution >= 4 is 32.3 Å². The van der Waals surface area contributed by atoms with Crippen molar-refractivity contribution in [2.45, 2.75) is 55.7 Å². The second kappa shape index (κ2) is 9.26. The maximum atomic E-state index is 14.9. The summed E-state index contributed by atoms with van der Waals surface area (Å²) in [7, 11) is -3.39. The SMILES string of the molecule is CC(C)(C)n1cc(NC(=O)Cc2ccc(Oc3ccnc4ccc(S(=O)(=O)C5CC5)cc34)cc2F)cn1. The van der Waals surface area contributed by atoms with Crippen molar-refractivity contribution in [3.8, 4) is 11.5 Å². The highest BCUT2D eigenvalue weighted by Crippen LogP contribution is 2.36. The van der Waals surface area contributed by atoms with Crippen molar-refractivity contribution in [1.82, 2.24) is 14.8 Å². The highest BCUT2D eigenvalue weighted by molar-refractivity contribution is 7.92. The zero-order valence-corrected chi connectivity index (χ0v) is 21.5. The molecule has 192 valence electrons. The van der Waals surface area contributed by atoms with Crippen LogP contribution in [0.15, 0.2) is 66.0 Å². The maximum absolute atomic E-state index is 14.9. The predicted octanol–water partition coefficient (Wildman–Crippen LogP) is 5.24. The minimum atomic E-state index is -3.39. The van der Waals surface area contributed by atoms with Crippen LogP contribution in [-0.2, 0) is 26.6 Å². The van der Waals surface area contributed by atoms with Crippen LogP contribution in [0.1, 0.15) is 39.2 Å². The van der Waals surface area contributed by atoms with Crippen LogP contribution in [-0.4, -0.2) is 34.3 Å². The van der Waals surface area contributed by atoms with Gasteiger partial charge in [-0.3, -0.25) is 14.5 Å². The minimum absolute atomic E-state index is 0.159. The molecular formula is C27H27FN4O4S. The molecule has 0 aliphatic heterocycles. The summed E-state index contributed by atoms with van der Waals surface area (Å²) in [5.74, 6) is -0.381. The fourth-order valence-corrected chi connectivity index (χ4v) is 5.61. The number of carbonyl (C=O) groups excluding carboxylic acids is 1. The standard InChI is InChI=1S/C27H27FN4O4S/c1-27(2,3)32-16-18(15-30-32)31-26(33)12-17-4-5-19(13-23(17)28)36-25-10-11-29-24-9-8-21(14-22(24)25)37(34,35)20-6-7-20/h4-5,8-11,13-16,20H,6-7,12H2,1-3H3,(H,31,33). The lowest BCUT2D eigenvalue weighted by Crippen LogP contribution is -2.22. The number of aromatic nitrogens is 3. The molecule has 1 amide bonds. The Hall–Kier alpha value is -3.79. The molecule has 1 fully saturated rings. The molecule has 0 atom stereocenters. The smallest absolute Gasteiger partial charge is 0.228 e. The number of hydrogen-bond donors (Lipinski definition) is 1. The first-order chi connectivity index (χ1) is 17.5. The lowest BCUT2D eigenvalue weighted by atomic mass is 10.1. The van der Waals surface area contributed by atoms with Gasteiger partial charge in [-0.05, 0) is 69.5 Å². The average molecular weight is 523 g/mol. The summed E-state index contributed by atoms with van der Waals surface area (Å²) in [4.78, 5) is 17.0. The van der Waals surface area contributed by atoms with Crippen LogP contribution in [0.4, 0.5) is 10.1 Å². The predicted molar refractivity (Wildman–Crippen MR) is 138 cm³/mol. The van der Waals surface area contributed by atoms with Gasteiger partial charge >= 0.3 is 0 Å². The van der Waals surface area contributed by atoms with E-state index in [-0.39, 0.29) is 39.3 Å². The number of rotatable bonds is 7. The molecule has 10 heteroatoms. The lowest BCUT2D eigenvalue weighted by molar-refractivity contribution is -0.115. The van der Waals surface area contributed by atoms with Gasteiger partial charge in [0.1, 0.15) is 17.3 Å². The monoisotopic (exact) mass is 522 g/mol. The van der Waals surface area contributed by atoms with Crippen molar-refractivity contribution in [2.24, 2.45) is 0 Å². The fourth-order valence-electron chi connectivity index (χ4n) is 3.93. The van der Waals surface area contributed by atoms with E-state index in [4.69, 9.17) is 4.74 Å². The first kappa shape index (κ1) is 24.9. The quantitative estimate of drug-likeness (QED) is 0.356. The average Bonchev–Trinajstić information content (AvgIpc) is 3.60. The zero-order valence-electron chi connectivity index (χ0n) is 20.7. The molecular weight excluding hydrogens is 495 g/mol. The molecule has 1 N–H and O–H groups in total. The number of sulfone groups is 1. The summed E-state index contributed by atoms with van der Waals surface area (Å²) in [5.41, 5.74) is 1.09. The Morgan fingerprint density at radius 1 is 1.16 bits per heavy atom. The lowest BCUT2D eigenvalue weighted by Gasteiger charge is -2.18. The van der Waals surface area contributed by atoms with E-state index in [1.165, 1.54) is 12.1 Å². The first-order valence-electron chi connectivity index (χ1n) is 11.9. The molecule has 1 saturated carbocycles. The molecule has 4 aromatic rings. The van der Waals surface area contributed by atoms with Gasteiger partial charge in [-0.15, -0.1) is 0 Å². The first-order valence-corrected chi connectivity index (χ1v) is 13.5. The molecule has 0 unspecified atom stereocenters. The summed E-state index contributed by atoms with van der Waals surface area (Å²) in [5, 5.41) is 7.16. The van der Waals surface area contributed by atoms with E-state index >= 15 is 0 Å². The fraction of sp³-hybridized carbons (Fsp3) is 0.296. The molecule has 2 aromatic carbocycles. The Labute approximate surface area is 214 Å². The highest BCUT2D eigenvalue weighted by atomic mass is 32.2. The number of nitrogens with zero attached hydrogens (tertiary/aromatic N) is 3. The Bertz CT molecular complexity index is 1600. The van der Waals surface area contributed by atoms with E-state index < -0.39 is 15.7 Å². The number of carbonyl (C=O) groups is 1. The van der Waals surface area contributed by atoms with Crippen LogP contribution < -0.4 is 10.1 Å². The summed E-state index contributed by atoms with van der Waals surface area (Å²) in [6.45, 7) is 5.98. The third-order valence-corrected chi connectivity index (χ3v) is 8.38. The van der Waals surface area contributed by atoms with Crippen molar-refractivity contribution in [3.63, 3.8) is 0 Å². The van der Waals surface area contributed by atoms with Gasteiger partial charge in [-0.25, -0.2) is 12.8 Å². The number of anilines is 1. The van der Waals surface area contributed by atoms with Crippen LogP contribution in [0.2, 0.25) is 0 Å². The summed E-state index contributed by atoms with van der Waals surface area (Å²) in [6, 6.07) is 10.6. The molecule has 2 heterocycles. The van der Waals surface area contributed by atoms with Gasteiger partial charge in [0, 0.05) is 23.8 Å². The summed E-state index contributed by atoms with van der Waals surface area (Å²) >= 11 is 0. The van der Waals surface area contributed by atoms with Crippen LogP contribution in [0.3, 0.4) is 0 Å². The topological polar surface area (TPSA) is 103 Å². The number of pyridine rings is 1. The molecule has 5 rings (SSSR count). The number of benzene rings is 2. The Kier molecular flexibility index (Phi) is 6.23. The number of nitrogens with one attached hydrogen (secondary N) is 1. The zero-order chi connectivity index (χ0) is 26.4. The Morgan fingerprint density at radius 3 is 2.62 bits per heavy atom. The molecule has 2 aromatic heterocycles. The third-order valence-electron chi connectivity index (χ3n) is 6.12. The van der Waals surface area contributed by atoms with Crippen molar-refractivity contribution < 1.29 is 22.3 Å². The van der Waals surface area contributed by atoms with E-state index in [0.29, 0.717) is 35.2 Å². The normalized spacial score (nSPS) is 14.1. The van der Waals surface area contributed by atoms with E-state index in [1.54, 1.807) is 53.6 Å². The second-order valence-electron chi connectivity index (χ2n) is 10.2. The number of hydrogen-bond acceptors (Lipinski definition) is 6. The Balaban J connectivity index is 1.32. The van der Waals surface area contributed by atoms with Gasteiger partial charge in [0.25, 0.3) is 0 Å². The van der Waals surface area contributed by atoms with Gasteiger partial charge in [0.05, 0.1) is 39.5 Å².